The maximum Gasteiger partial charge on any atom is 0.166 e. The van der Waals surface area contributed by atoms with Crippen LogP contribution in [0.5, 0.6) is 11.5 Å². The van der Waals surface area contributed by atoms with Crippen LogP contribution in [0.25, 0.3) is 0 Å². The van der Waals surface area contributed by atoms with E-state index in [2.05, 4.69) is 4.99 Å². The predicted molar refractivity (Wildman–Crippen MR) is 103 cm³/mol. The molecule has 0 fully saturated rings. The monoisotopic (exact) mass is 347 g/mol. The summed E-state index contributed by atoms with van der Waals surface area (Å²) in [5.74, 6) is 0.411. The lowest BCUT2D eigenvalue weighted by Crippen LogP contribution is -2.09. The quantitative estimate of drug-likeness (QED) is 0.654. The van der Waals surface area contributed by atoms with E-state index in [1.165, 1.54) is 7.11 Å². The van der Waals surface area contributed by atoms with Gasteiger partial charge in [0.1, 0.15) is 12.1 Å². The number of aliphatic imine (C=N–C) groups is 1. The van der Waals surface area contributed by atoms with Gasteiger partial charge in [-0.2, -0.15) is 0 Å². The number of hydrogen-bond donors (Lipinski definition) is 2. The third-order valence-electron chi connectivity index (χ3n) is 4.21. The smallest absolute Gasteiger partial charge is 0.166 e. The number of nitrogens with zero attached hydrogens (tertiary/aromatic N) is 1. The first-order chi connectivity index (χ1) is 12.7. The SMILES string of the molecule is COc1cccc(C=N[C@H](c2ccccc2)[C@H](O)c2ccccc2)c1O. The van der Waals surface area contributed by atoms with Gasteiger partial charge >= 0.3 is 0 Å². The van der Waals surface area contributed by atoms with Crippen molar-refractivity contribution in [3.63, 3.8) is 0 Å². The highest BCUT2D eigenvalue weighted by Crippen LogP contribution is 2.33. The molecule has 2 atom stereocenters. The van der Waals surface area contributed by atoms with E-state index >= 15 is 0 Å². The van der Waals surface area contributed by atoms with Crippen LogP contribution in [0, 0.1) is 0 Å². The summed E-state index contributed by atoms with van der Waals surface area (Å²) >= 11 is 0. The Morgan fingerprint density at radius 2 is 1.46 bits per heavy atom. The number of methoxy groups -OCH3 is 1. The maximum atomic E-state index is 10.9. The lowest BCUT2D eigenvalue weighted by atomic mass is 9.96. The van der Waals surface area contributed by atoms with Gasteiger partial charge in [0.05, 0.1) is 7.11 Å². The van der Waals surface area contributed by atoms with E-state index in [9.17, 15) is 10.2 Å². The first-order valence-corrected chi connectivity index (χ1v) is 8.38. The van der Waals surface area contributed by atoms with E-state index in [4.69, 9.17) is 4.74 Å². The highest BCUT2D eigenvalue weighted by atomic mass is 16.5. The minimum atomic E-state index is -0.803. The Hall–Kier alpha value is -3.11. The van der Waals surface area contributed by atoms with Gasteiger partial charge in [-0.3, -0.25) is 4.99 Å². The van der Waals surface area contributed by atoms with Crippen molar-refractivity contribution in [2.75, 3.05) is 7.11 Å². The van der Waals surface area contributed by atoms with Crippen LogP contribution in [0.15, 0.2) is 83.9 Å². The van der Waals surface area contributed by atoms with Crippen molar-refractivity contribution in [3.8, 4) is 11.5 Å². The van der Waals surface area contributed by atoms with Gasteiger partial charge in [0, 0.05) is 11.8 Å². The first kappa shape index (κ1) is 17.7. The first-order valence-electron chi connectivity index (χ1n) is 8.38. The molecule has 0 aliphatic rings. The van der Waals surface area contributed by atoms with Crippen LogP contribution < -0.4 is 4.74 Å². The molecule has 0 aliphatic heterocycles. The molecule has 0 bridgehead atoms. The molecule has 3 aromatic rings. The number of benzene rings is 3. The number of phenolic OH excluding ortho intramolecular Hbond substituents is 1. The Labute approximate surface area is 153 Å². The highest BCUT2D eigenvalue weighted by Gasteiger charge is 2.21. The lowest BCUT2D eigenvalue weighted by Gasteiger charge is -2.20. The van der Waals surface area contributed by atoms with Gasteiger partial charge < -0.3 is 14.9 Å². The van der Waals surface area contributed by atoms with Crippen LogP contribution in [-0.4, -0.2) is 23.5 Å². The zero-order valence-electron chi connectivity index (χ0n) is 14.5. The molecule has 132 valence electrons. The molecule has 3 rings (SSSR count). The number of rotatable bonds is 6. The number of ether oxygens (including phenoxy) is 1. The molecule has 0 radical (unpaired) electrons. The summed E-state index contributed by atoms with van der Waals surface area (Å²) < 4.78 is 5.13. The molecule has 0 amide bonds. The fourth-order valence-electron chi connectivity index (χ4n) is 2.80. The minimum absolute atomic E-state index is 0.0276. The molecule has 4 nitrogen and oxygen atoms in total. The van der Waals surface area contributed by atoms with Crippen LogP contribution in [0.2, 0.25) is 0 Å². The second-order valence-corrected chi connectivity index (χ2v) is 5.89. The second kappa shape index (κ2) is 8.32. The average Bonchev–Trinajstić information content (AvgIpc) is 2.70. The van der Waals surface area contributed by atoms with Gasteiger partial charge in [-0.05, 0) is 23.3 Å². The summed E-state index contributed by atoms with van der Waals surface area (Å²) in [6.07, 6.45) is 0.768. The third-order valence-corrected chi connectivity index (χ3v) is 4.21. The molecule has 0 aromatic heterocycles. The largest absolute Gasteiger partial charge is 0.504 e. The van der Waals surface area contributed by atoms with Gasteiger partial charge in [-0.15, -0.1) is 0 Å². The summed E-state index contributed by atoms with van der Waals surface area (Å²) in [5.41, 5.74) is 2.21. The van der Waals surface area contributed by atoms with Crippen molar-refractivity contribution in [2.24, 2.45) is 4.99 Å². The van der Waals surface area contributed by atoms with Gasteiger partial charge in [0.25, 0.3) is 0 Å². The molecular weight excluding hydrogens is 326 g/mol. The topological polar surface area (TPSA) is 62.0 Å². The highest BCUT2D eigenvalue weighted by molar-refractivity contribution is 5.85. The van der Waals surface area contributed by atoms with Gasteiger partial charge in [-0.25, -0.2) is 0 Å². The standard InChI is InChI=1S/C22H21NO3/c1-26-19-14-8-13-18(21(19)24)15-23-20(16-9-4-2-5-10-16)22(25)17-11-6-3-7-12-17/h2-15,20,22,24-25H,1H3/t20-,22-/m1/s1. The number of para-hydroxylation sites is 1. The number of aliphatic hydroxyl groups is 1. The Balaban J connectivity index is 1.97. The average molecular weight is 347 g/mol. The molecular formula is C22H21NO3. The lowest BCUT2D eigenvalue weighted by molar-refractivity contribution is 0.148. The molecule has 0 aliphatic carbocycles. The van der Waals surface area contributed by atoms with E-state index < -0.39 is 12.1 Å². The van der Waals surface area contributed by atoms with Crippen LogP contribution in [-0.2, 0) is 0 Å². The van der Waals surface area contributed by atoms with E-state index in [1.54, 1.807) is 24.4 Å². The fourth-order valence-corrected chi connectivity index (χ4v) is 2.80. The number of aromatic hydroxyl groups is 1. The van der Waals surface area contributed by atoms with Crippen molar-refractivity contribution in [1.29, 1.82) is 0 Å². The Morgan fingerprint density at radius 1 is 0.846 bits per heavy atom. The Morgan fingerprint density at radius 3 is 2.08 bits per heavy atom. The Bertz CT molecular complexity index is 863. The minimum Gasteiger partial charge on any atom is -0.504 e. The zero-order valence-corrected chi connectivity index (χ0v) is 14.5. The summed E-state index contributed by atoms with van der Waals surface area (Å²) in [7, 11) is 1.50. The third kappa shape index (κ3) is 3.92. The van der Waals surface area contributed by atoms with Crippen molar-refractivity contribution in [1.82, 2.24) is 0 Å². The summed E-state index contributed by atoms with van der Waals surface area (Å²) in [5, 5.41) is 21.1. The van der Waals surface area contributed by atoms with Crippen molar-refractivity contribution < 1.29 is 14.9 Å². The van der Waals surface area contributed by atoms with E-state index in [1.807, 2.05) is 60.7 Å². The molecule has 0 unspecified atom stereocenters. The fraction of sp³-hybridized carbons (Fsp3) is 0.136. The van der Waals surface area contributed by atoms with Gasteiger partial charge in [0.2, 0.25) is 0 Å². The molecule has 0 heterocycles. The van der Waals surface area contributed by atoms with Gasteiger partial charge in [-0.1, -0.05) is 66.7 Å². The summed E-state index contributed by atoms with van der Waals surface area (Å²) in [6, 6.07) is 23.8. The number of phenols is 1. The predicted octanol–water partition coefficient (Wildman–Crippen LogP) is 4.29. The molecule has 4 heteroatoms. The van der Waals surface area contributed by atoms with E-state index in [0.29, 0.717) is 11.3 Å². The molecule has 0 saturated carbocycles. The van der Waals surface area contributed by atoms with Crippen LogP contribution >= 0.6 is 0 Å². The van der Waals surface area contributed by atoms with Crippen molar-refractivity contribution in [2.45, 2.75) is 12.1 Å². The molecule has 2 N–H and O–H groups in total. The number of aliphatic hydroxyl groups excluding tert-OH is 1. The molecule has 26 heavy (non-hydrogen) atoms. The van der Waals surface area contributed by atoms with Crippen LogP contribution in [0.4, 0.5) is 0 Å². The van der Waals surface area contributed by atoms with Crippen LogP contribution in [0.3, 0.4) is 0 Å². The second-order valence-electron chi connectivity index (χ2n) is 5.89. The van der Waals surface area contributed by atoms with Crippen molar-refractivity contribution in [3.05, 3.63) is 95.6 Å². The van der Waals surface area contributed by atoms with Crippen molar-refractivity contribution >= 4 is 6.21 Å². The van der Waals surface area contributed by atoms with E-state index in [-0.39, 0.29) is 5.75 Å². The number of hydrogen-bond acceptors (Lipinski definition) is 4. The molecule has 0 saturated heterocycles. The van der Waals surface area contributed by atoms with E-state index in [0.717, 1.165) is 11.1 Å². The van der Waals surface area contributed by atoms with Crippen LogP contribution in [0.1, 0.15) is 28.8 Å². The van der Waals surface area contributed by atoms with Gasteiger partial charge in [0.15, 0.2) is 11.5 Å². The Kier molecular flexibility index (Phi) is 5.66. The summed E-state index contributed by atoms with van der Waals surface area (Å²) in [6.45, 7) is 0. The zero-order chi connectivity index (χ0) is 18.4. The summed E-state index contributed by atoms with van der Waals surface area (Å²) in [4.78, 5) is 4.59. The normalized spacial score (nSPS) is 13.5. The maximum absolute atomic E-state index is 10.9. The molecule has 0 spiro atoms. The molecule has 3 aromatic carbocycles.